The summed E-state index contributed by atoms with van der Waals surface area (Å²) in [5.41, 5.74) is 2.55. The molecule has 0 saturated heterocycles. The molecule has 0 bridgehead atoms. The minimum Gasteiger partial charge on any atom is -0.326 e. The molecule has 2 aromatic rings. The number of hydrogen-bond acceptors (Lipinski definition) is 2. The SMILES string of the molecule is C[C@H](NCc1ccc(Br)cc1F)c1ccc(NC(=O)C2CC2)cc1. The molecule has 1 saturated carbocycles. The Morgan fingerprint density at radius 1 is 1.25 bits per heavy atom. The van der Waals surface area contributed by atoms with Gasteiger partial charge in [0, 0.05) is 34.2 Å². The molecule has 1 fully saturated rings. The van der Waals surface area contributed by atoms with Gasteiger partial charge in [-0.3, -0.25) is 4.79 Å². The highest BCUT2D eigenvalue weighted by Gasteiger charge is 2.29. The van der Waals surface area contributed by atoms with E-state index in [-0.39, 0.29) is 23.7 Å². The van der Waals surface area contributed by atoms with Gasteiger partial charge in [-0.1, -0.05) is 34.1 Å². The quantitative estimate of drug-likeness (QED) is 0.744. The van der Waals surface area contributed by atoms with Crippen LogP contribution in [0.4, 0.5) is 10.1 Å². The van der Waals surface area contributed by atoms with Crippen LogP contribution in [0.1, 0.15) is 36.9 Å². The van der Waals surface area contributed by atoms with Gasteiger partial charge in [-0.25, -0.2) is 4.39 Å². The minimum atomic E-state index is -0.220. The van der Waals surface area contributed by atoms with E-state index in [0.29, 0.717) is 12.1 Å². The number of benzene rings is 2. The third kappa shape index (κ3) is 4.42. The third-order valence-corrected chi connectivity index (χ3v) is 4.73. The Hall–Kier alpha value is -1.72. The van der Waals surface area contributed by atoms with Gasteiger partial charge < -0.3 is 10.6 Å². The van der Waals surface area contributed by atoms with Crippen LogP contribution in [0.15, 0.2) is 46.9 Å². The second-order valence-corrected chi connectivity index (χ2v) is 7.14. The second kappa shape index (κ2) is 7.45. The molecular weight excluding hydrogens is 371 g/mol. The molecule has 0 spiro atoms. The van der Waals surface area contributed by atoms with Crippen molar-refractivity contribution >= 4 is 27.5 Å². The summed E-state index contributed by atoms with van der Waals surface area (Å²) in [4.78, 5) is 11.7. The lowest BCUT2D eigenvalue weighted by atomic mass is 10.1. The molecule has 24 heavy (non-hydrogen) atoms. The van der Waals surface area contributed by atoms with Crippen LogP contribution in [-0.2, 0) is 11.3 Å². The normalized spacial score (nSPS) is 15.1. The minimum absolute atomic E-state index is 0.0845. The van der Waals surface area contributed by atoms with Crippen molar-refractivity contribution in [2.24, 2.45) is 5.92 Å². The summed E-state index contributed by atoms with van der Waals surface area (Å²) < 4.78 is 14.6. The number of carbonyl (C=O) groups excluding carboxylic acids is 1. The summed E-state index contributed by atoms with van der Waals surface area (Å²) in [6.45, 7) is 2.50. The highest BCUT2D eigenvalue weighted by Crippen LogP contribution is 2.30. The molecule has 1 aliphatic rings. The molecule has 5 heteroatoms. The molecule has 3 nitrogen and oxygen atoms in total. The average molecular weight is 391 g/mol. The Kier molecular flexibility index (Phi) is 5.31. The van der Waals surface area contributed by atoms with E-state index in [0.717, 1.165) is 28.6 Å². The summed E-state index contributed by atoms with van der Waals surface area (Å²) in [7, 11) is 0. The summed E-state index contributed by atoms with van der Waals surface area (Å²) in [6.07, 6.45) is 2.00. The van der Waals surface area contributed by atoms with Crippen LogP contribution < -0.4 is 10.6 Å². The molecule has 0 unspecified atom stereocenters. The molecule has 3 rings (SSSR count). The van der Waals surface area contributed by atoms with Crippen LogP contribution >= 0.6 is 15.9 Å². The number of nitrogens with one attached hydrogen (secondary N) is 2. The van der Waals surface area contributed by atoms with Crippen LogP contribution in [0.25, 0.3) is 0 Å². The first-order valence-corrected chi connectivity index (χ1v) is 8.90. The molecule has 1 aliphatic carbocycles. The van der Waals surface area contributed by atoms with Crippen LogP contribution in [0.5, 0.6) is 0 Å². The largest absolute Gasteiger partial charge is 0.326 e. The number of amides is 1. The van der Waals surface area contributed by atoms with E-state index in [1.165, 1.54) is 6.07 Å². The Morgan fingerprint density at radius 3 is 2.58 bits per heavy atom. The highest BCUT2D eigenvalue weighted by atomic mass is 79.9. The average Bonchev–Trinajstić information content (AvgIpc) is 3.39. The number of carbonyl (C=O) groups is 1. The van der Waals surface area contributed by atoms with Crippen LogP contribution in [0, 0.1) is 11.7 Å². The van der Waals surface area contributed by atoms with Crippen molar-refractivity contribution in [3.8, 4) is 0 Å². The van der Waals surface area contributed by atoms with E-state index in [1.807, 2.05) is 37.3 Å². The summed E-state index contributed by atoms with van der Waals surface area (Å²) in [6, 6.07) is 13.0. The third-order valence-electron chi connectivity index (χ3n) is 4.24. The van der Waals surface area contributed by atoms with Gasteiger partial charge in [-0.15, -0.1) is 0 Å². The first-order chi connectivity index (χ1) is 11.5. The zero-order valence-electron chi connectivity index (χ0n) is 13.5. The monoisotopic (exact) mass is 390 g/mol. The summed E-state index contributed by atoms with van der Waals surface area (Å²) >= 11 is 3.26. The van der Waals surface area contributed by atoms with Crippen molar-refractivity contribution < 1.29 is 9.18 Å². The van der Waals surface area contributed by atoms with E-state index >= 15 is 0 Å². The lowest BCUT2D eigenvalue weighted by molar-refractivity contribution is -0.117. The Labute approximate surface area is 149 Å². The van der Waals surface area contributed by atoms with Gasteiger partial charge >= 0.3 is 0 Å². The molecule has 126 valence electrons. The van der Waals surface area contributed by atoms with Crippen molar-refractivity contribution in [2.75, 3.05) is 5.32 Å². The van der Waals surface area contributed by atoms with Gasteiger partial charge in [0.05, 0.1) is 0 Å². The molecule has 1 amide bonds. The Bertz CT molecular complexity index is 729. The molecule has 2 N–H and O–H groups in total. The number of anilines is 1. The molecule has 0 radical (unpaired) electrons. The maximum Gasteiger partial charge on any atom is 0.227 e. The smallest absolute Gasteiger partial charge is 0.227 e. The van der Waals surface area contributed by atoms with Crippen LogP contribution in [0.2, 0.25) is 0 Å². The zero-order valence-corrected chi connectivity index (χ0v) is 15.1. The summed E-state index contributed by atoms with van der Waals surface area (Å²) in [5, 5.41) is 6.25. The van der Waals surface area contributed by atoms with E-state index in [2.05, 4.69) is 26.6 Å². The molecule has 0 heterocycles. The molecule has 1 atom stereocenters. The number of hydrogen-bond donors (Lipinski definition) is 2. The standard InChI is InChI=1S/C19H20BrFN2O/c1-12(22-11-15-4-7-16(20)10-18(15)21)13-5-8-17(9-6-13)23-19(24)14-2-3-14/h4-10,12,14,22H,2-3,11H2,1H3,(H,23,24)/t12-/m0/s1. The van der Waals surface area contributed by atoms with E-state index in [1.54, 1.807) is 6.07 Å². The fourth-order valence-corrected chi connectivity index (χ4v) is 2.82. The number of halogens is 2. The van der Waals surface area contributed by atoms with Gasteiger partial charge in [0.15, 0.2) is 0 Å². The first kappa shape index (κ1) is 17.1. The van der Waals surface area contributed by atoms with Crippen molar-refractivity contribution in [2.45, 2.75) is 32.4 Å². The predicted molar refractivity (Wildman–Crippen MR) is 97.2 cm³/mol. The molecule has 2 aromatic carbocycles. The van der Waals surface area contributed by atoms with Crippen molar-refractivity contribution in [1.29, 1.82) is 0 Å². The highest BCUT2D eigenvalue weighted by molar-refractivity contribution is 9.10. The predicted octanol–water partition coefficient (Wildman–Crippen LogP) is 4.79. The molecule has 0 aliphatic heterocycles. The fraction of sp³-hybridized carbons (Fsp3) is 0.316. The van der Waals surface area contributed by atoms with Crippen molar-refractivity contribution in [3.05, 3.63) is 63.9 Å². The maximum absolute atomic E-state index is 13.8. The van der Waals surface area contributed by atoms with Crippen molar-refractivity contribution in [3.63, 3.8) is 0 Å². The Morgan fingerprint density at radius 2 is 1.96 bits per heavy atom. The lowest BCUT2D eigenvalue weighted by Gasteiger charge is -2.15. The molecular formula is C19H20BrFN2O. The van der Waals surface area contributed by atoms with E-state index in [9.17, 15) is 9.18 Å². The van der Waals surface area contributed by atoms with Crippen LogP contribution in [-0.4, -0.2) is 5.91 Å². The van der Waals surface area contributed by atoms with Crippen molar-refractivity contribution in [1.82, 2.24) is 5.32 Å². The van der Waals surface area contributed by atoms with Gasteiger partial charge in [0.25, 0.3) is 0 Å². The van der Waals surface area contributed by atoms with Gasteiger partial charge in [-0.05, 0) is 49.6 Å². The summed E-state index contributed by atoms with van der Waals surface area (Å²) in [5.74, 6) is 0.0907. The zero-order chi connectivity index (χ0) is 17.1. The van der Waals surface area contributed by atoms with E-state index < -0.39 is 0 Å². The maximum atomic E-state index is 13.8. The topological polar surface area (TPSA) is 41.1 Å². The molecule has 0 aromatic heterocycles. The van der Waals surface area contributed by atoms with Gasteiger partial charge in [0.2, 0.25) is 5.91 Å². The van der Waals surface area contributed by atoms with Crippen LogP contribution in [0.3, 0.4) is 0 Å². The number of rotatable bonds is 6. The first-order valence-electron chi connectivity index (χ1n) is 8.11. The van der Waals surface area contributed by atoms with Gasteiger partial charge in [-0.2, -0.15) is 0 Å². The van der Waals surface area contributed by atoms with E-state index in [4.69, 9.17) is 0 Å². The fourth-order valence-electron chi connectivity index (χ4n) is 2.49. The Balaban J connectivity index is 1.56. The lowest BCUT2D eigenvalue weighted by Crippen LogP contribution is -2.19. The second-order valence-electron chi connectivity index (χ2n) is 6.22. The van der Waals surface area contributed by atoms with Gasteiger partial charge in [0.1, 0.15) is 5.82 Å².